The van der Waals surface area contributed by atoms with Gasteiger partial charge in [0.25, 0.3) is 0 Å². The Hall–Kier alpha value is -1.34. The molecule has 7 nitrogen and oxygen atoms in total. The molecule has 15 heavy (non-hydrogen) atoms. The Balaban J connectivity index is 2.21. The number of ether oxygens (including phenoxy) is 2. The first kappa shape index (κ1) is 11.7. The Kier molecular flexibility index (Phi) is 3.87. The summed E-state index contributed by atoms with van der Waals surface area (Å²) in [5.74, 6) is -0.298. The van der Waals surface area contributed by atoms with Gasteiger partial charge in [-0.25, -0.2) is 4.79 Å². The lowest BCUT2D eigenvalue weighted by molar-refractivity contribution is -0.126. The maximum atomic E-state index is 11.5. The van der Waals surface area contributed by atoms with Crippen molar-refractivity contribution in [1.82, 2.24) is 5.32 Å². The number of primary amides is 1. The number of carbonyl (C=O) groups is 2. The fourth-order valence-corrected chi connectivity index (χ4v) is 1.25. The third-order valence-electron chi connectivity index (χ3n) is 2.14. The summed E-state index contributed by atoms with van der Waals surface area (Å²) in [4.78, 5) is 21.7. The van der Waals surface area contributed by atoms with Crippen LogP contribution in [0.3, 0.4) is 0 Å². The Bertz CT molecular complexity index is 250. The van der Waals surface area contributed by atoms with E-state index in [0.29, 0.717) is 13.0 Å². The highest BCUT2D eigenvalue weighted by Gasteiger charge is 2.37. The summed E-state index contributed by atoms with van der Waals surface area (Å²) in [6, 6.07) is 0. The molecule has 0 saturated carbocycles. The minimum Gasteiger partial charge on any atom is -0.448 e. The molecule has 0 aromatic rings. The second-order valence-corrected chi connectivity index (χ2v) is 3.38. The molecule has 1 aliphatic heterocycles. The van der Waals surface area contributed by atoms with Crippen LogP contribution in [0, 0.1) is 0 Å². The zero-order chi connectivity index (χ0) is 11.3. The van der Waals surface area contributed by atoms with Gasteiger partial charge in [-0.2, -0.15) is 0 Å². The van der Waals surface area contributed by atoms with Crippen LogP contribution in [-0.2, 0) is 14.3 Å². The third-order valence-corrected chi connectivity index (χ3v) is 2.14. The smallest absolute Gasteiger partial charge is 0.404 e. The van der Waals surface area contributed by atoms with Crippen LogP contribution in [0.5, 0.6) is 0 Å². The molecular weight excluding hydrogens is 202 g/mol. The summed E-state index contributed by atoms with van der Waals surface area (Å²) < 4.78 is 9.47. The van der Waals surface area contributed by atoms with Crippen LogP contribution in [0.15, 0.2) is 0 Å². The van der Waals surface area contributed by atoms with Gasteiger partial charge >= 0.3 is 6.09 Å². The first-order chi connectivity index (χ1) is 7.04. The van der Waals surface area contributed by atoms with Gasteiger partial charge in [0.05, 0.1) is 13.2 Å². The minimum atomic E-state index is -0.952. The van der Waals surface area contributed by atoms with E-state index in [9.17, 15) is 9.59 Å². The van der Waals surface area contributed by atoms with E-state index in [1.807, 2.05) is 0 Å². The van der Waals surface area contributed by atoms with Gasteiger partial charge in [-0.05, 0) is 6.42 Å². The van der Waals surface area contributed by atoms with Gasteiger partial charge < -0.3 is 26.3 Å². The minimum absolute atomic E-state index is 0.0397. The topological polar surface area (TPSA) is 117 Å². The lowest BCUT2D eigenvalue weighted by Crippen LogP contribution is -2.55. The fourth-order valence-electron chi connectivity index (χ4n) is 1.25. The zero-order valence-electron chi connectivity index (χ0n) is 8.32. The highest BCUT2D eigenvalue weighted by atomic mass is 16.5. The molecule has 1 saturated heterocycles. The predicted octanol–water partition coefficient (Wildman–Crippen LogP) is -1.68. The van der Waals surface area contributed by atoms with E-state index < -0.39 is 11.6 Å². The Morgan fingerprint density at radius 2 is 2.27 bits per heavy atom. The number of hydrogen-bond acceptors (Lipinski definition) is 5. The van der Waals surface area contributed by atoms with Crippen molar-refractivity contribution in [3.8, 4) is 0 Å². The van der Waals surface area contributed by atoms with Crippen molar-refractivity contribution in [2.45, 2.75) is 12.0 Å². The van der Waals surface area contributed by atoms with Crippen LogP contribution in [0.4, 0.5) is 4.79 Å². The Labute approximate surface area is 87.1 Å². The van der Waals surface area contributed by atoms with Gasteiger partial charge in [-0.1, -0.05) is 0 Å². The summed E-state index contributed by atoms with van der Waals surface area (Å²) in [5.41, 5.74) is 9.56. The van der Waals surface area contributed by atoms with Crippen molar-refractivity contribution in [3.05, 3.63) is 0 Å². The second kappa shape index (κ2) is 4.94. The summed E-state index contributed by atoms with van der Waals surface area (Å²) in [6.07, 6.45) is -0.369. The molecule has 0 bridgehead atoms. The summed E-state index contributed by atoms with van der Waals surface area (Å²) in [7, 11) is 0. The van der Waals surface area contributed by atoms with E-state index in [4.69, 9.17) is 16.2 Å². The largest absolute Gasteiger partial charge is 0.448 e. The molecule has 7 heteroatoms. The third kappa shape index (κ3) is 3.37. The van der Waals surface area contributed by atoms with Crippen LogP contribution < -0.4 is 16.8 Å². The first-order valence-corrected chi connectivity index (χ1v) is 4.62. The van der Waals surface area contributed by atoms with Gasteiger partial charge in [0, 0.05) is 6.61 Å². The fraction of sp³-hybridized carbons (Fsp3) is 0.750. The van der Waals surface area contributed by atoms with Crippen LogP contribution in [-0.4, -0.2) is 43.9 Å². The Morgan fingerprint density at radius 1 is 1.53 bits per heavy atom. The molecule has 86 valence electrons. The van der Waals surface area contributed by atoms with E-state index in [2.05, 4.69) is 10.1 Å². The predicted molar refractivity (Wildman–Crippen MR) is 50.9 cm³/mol. The molecule has 1 aliphatic rings. The monoisotopic (exact) mass is 217 g/mol. The van der Waals surface area contributed by atoms with Gasteiger partial charge in [-0.3, -0.25) is 4.79 Å². The molecule has 0 aliphatic carbocycles. The number of hydrogen-bond donors (Lipinski definition) is 3. The molecule has 0 spiro atoms. The van der Waals surface area contributed by atoms with Crippen molar-refractivity contribution in [2.24, 2.45) is 11.5 Å². The summed E-state index contributed by atoms with van der Waals surface area (Å²) in [5, 5.41) is 2.54. The van der Waals surface area contributed by atoms with Gasteiger partial charge in [0.15, 0.2) is 0 Å². The van der Waals surface area contributed by atoms with Crippen LogP contribution in [0.25, 0.3) is 0 Å². The van der Waals surface area contributed by atoms with Crippen molar-refractivity contribution in [1.29, 1.82) is 0 Å². The lowest BCUT2D eigenvalue weighted by Gasteiger charge is -2.20. The normalized spacial score (nSPS) is 24.9. The maximum absolute atomic E-state index is 11.5. The van der Waals surface area contributed by atoms with E-state index >= 15 is 0 Å². The standard InChI is InChI=1S/C8H15N3O4/c9-7(13)15-4-2-11-6(12)8(10)1-3-14-5-8/h1-5,10H2,(H2,9,13)(H,11,12). The first-order valence-electron chi connectivity index (χ1n) is 4.62. The molecule has 2 amide bonds. The Morgan fingerprint density at radius 3 is 2.80 bits per heavy atom. The van der Waals surface area contributed by atoms with Gasteiger partial charge in [0.2, 0.25) is 5.91 Å². The quantitative estimate of drug-likeness (QED) is 0.486. The molecule has 0 aromatic carbocycles. The number of rotatable bonds is 4. The highest BCUT2D eigenvalue weighted by molar-refractivity contribution is 5.86. The number of amides is 2. The van der Waals surface area contributed by atoms with E-state index in [1.165, 1.54) is 0 Å². The highest BCUT2D eigenvalue weighted by Crippen LogP contribution is 2.14. The molecular formula is C8H15N3O4. The second-order valence-electron chi connectivity index (χ2n) is 3.38. The molecule has 1 atom stereocenters. The molecule has 0 radical (unpaired) electrons. The molecule has 1 heterocycles. The number of carbonyl (C=O) groups excluding carboxylic acids is 2. The molecule has 1 rings (SSSR count). The lowest BCUT2D eigenvalue weighted by atomic mass is 9.99. The van der Waals surface area contributed by atoms with Crippen molar-refractivity contribution >= 4 is 12.0 Å². The summed E-state index contributed by atoms with van der Waals surface area (Å²) >= 11 is 0. The maximum Gasteiger partial charge on any atom is 0.404 e. The van der Waals surface area contributed by atoms with E-state index in [-0.39, 0.29) is 25.7 Å². The van der Waals surface area contributed by atoms with Crippen LogP contribution >= 0.6 is 0 Å². The average Bonchev–Trinajstić information content (AvgIpc) is 2.60. The molecule has 1 unspecified atom stereocenters. The van der Waals surface area contributed by atoms with E-state index in [1.54, 1.807) is 0 Å². The van der Waals surface area contributed by atoms with Gasteiger partial charge in [-0.15, -0.1) is 0 Å². The SMILES string of the molecule is NC(=O)OCCNC(=O)C1(N)CCOC1. The number of nitrogens with one attached hydrogen (secondary N) is 1. The van der Waals surface area contributed by atoms with Crippen LogP contribution in [0.2, 0.25) is 0 Å². The van der Waals surface area contributed by atoms with Crippen molar-refractivity contribution < 1.29 is 19.1 Å². The molecule has 5 N–H and O–H groups in total. The van der Waals surface area contributed by atoms with Gasteiger partial charge in [0.1, 0.15) is 12.1 Å². The summed E-state index contributed by atoms with van der Waals surface area (Å²) in [6.45, 7) is 0.940. The average molecular weight is 217 g/mol. The molecule has 0 aromatic heterocycles. The zero-order valence-corrected chi connectivity index (χ0v) is 8.32. The van der Waals surface area contributed by atoms with E-state index in [0.717, 1.165) is 0 Å². The number of nitrogens with two attached hydrogens (primary N) is 2. The van der Waals surface area contributed by atoms with Crippen molar-refractivity contribution in [2.75, 3.05) is 26.4 Å². The molecule has 1 fully saturated rings. The van der Waals surface area contributed by atoms with Crippen molar-refractivity contribution in [3.63, 3.8) is 0 Å². The van der Waals surface area contributed by atoms with Crippen LogP contribution in [0.1, 0.15) is 6.42 Å².